The van der Waals surface area contributed by atoms with Gasteiger partial charge in [-0.05, 0) is 17.9 Å². The summed E-state index contributed by atoms with van der Waals surface area (Å²) in [4.78, 5) is 5.39. The fraction of sp³-hybridized carbons (Fsp3) is 0.538. The van der Waals surface area contributed by atoms with Gasteiger partial charge in [0.1, 0.15) is 0 Å². The van der Waals surface area contributed by atoms with E-state index >= 15 is 0 Å². The van der Waals surface area contributed by atoms with Crippen molar-refractivity contribution in [3.05, 3.63) is 35.9 Å². The van der Waals surface area contributed by atoms with Gasteiger partial charge in [0.15, 0.2) is 0 Å². The Kier molecular flexibility index (Phi) is 4.18. The number of nitrogens with one attached hydrogen (secondary N) is 1. The molecule has 1 N–H and O–H groups in total. The highest BCUT2D eigenvalue weighted by Crippen LogP contribution is 2.28. The summed E-state index contributed by atoms with van der Waals surface area (Å²) in [6, 6.07) is 10.2. The maximum absolute atomic E-state index is 5.39. The van der Waals surface area contributed by atoms with Crippen LogP contribution in [0.15, 0.2) is 30.3 Å². The van der Waals surface area contributed by atoms with Gasteiger partial charge in [0, 0.05) is 6.54 Å². The van der Waals surface area contributed by atoms with Gasteiger partial charge in [-0.15, -0.1) is 0 Å². The Morgan fingerprint density at radius 3 is 2.67 bits per heavy atom. The van der Waals surface area contributed by atoms with Crippen molar-refractivity contribution in [1.82, 2.24) is 5.48 Å². The van der Waals surface area contributed by atoms with E-state index in [-0.39, 0.29) is 0 Å². The minimum Gasteiger partial charge on any atom is -0.297 e. The molecular formula is C13H19NO. The molecule has 1 aliphatic carbocycles. The first-order chi connectivity index (χ1) is 7.45. The van der Waals surface area contributed by atoms with Crippen LogP contribution in [0.1, 0.15) is 31.2 Å². The lowest BCUT2D eigenvalue weighted by Gasteiger charge is -2.24. The molecule has 0 amide bonds. The number of hydroxylamine groups is 1. The van der Waals surface area contributed by atoms with Crippen molar-refractivity contribution in [2.75, 3.05) is 6.54 Å². The smallest absolute Gasteiger partial charge is 0.0933 e. The highest BCUT2D eigenvalue weighted by molar-refractivity contribution is 5.13. The van der Waals surface area contributed by atoms with E-state index in [4.69, 9.17) is 4.84 Å². The Morgan fingerprint density at radius 1 is 1.20 bits per heavy atom. The first-order valence-corrected chi connectivity index (χ1v) is 5.84. The molecule has 0 saturated heterocycles. The predicted octanol–water partition coefficient (Wildman–Crippen LogP) is 2.90. The van der Waals surface area contributed by atoms with Gasteiger partial charge in [0.25, 0.3) is 0 Å². The Balaban J connectivity index is 1.51. The molecule has 2 heteroatoms. The van der Waals surface area contributed by atoms with E-state index in [1.165, 1.54) is 31.2 Å². The van der Waals surface area contributed by atoms with Crippen LogP contribution < -0.4 is 5.48 Å². The third-order valence-corrected chi connectivity index (χ3v) is 3.06. The van der Waals surface area contributed by atoms with E-state index in [0.29, 0.717) is 6.61 Å². The molecule has 2 nitrogen and oxygen atoms in total. The lowest BCUT2D eigenvalue weighted by Crippen LogP contribution is -2.21. The van der Waals surface area contributed by atoms with E-state index in [0.717, 1.165) is 12.5 Å². The molecule has 0 bridgehead atoms. The first kappa shape index (κ1) is 10.7. The van der Waals surface area contributed by atoms with Gasteiger partial charge in [-0.1, -0.05) is 49.6 Å². The molecule has 0 atom stereocenters. The molecule has 0 unspecified atom stereocenters. The van der Waals surface area contributed by atoms with E-state index in [2.05, 4.69) is 17.6 Å². The van der Waals surface area contributed by atoms with Crippen LogP contribution in [-0.4, -0.2) is 6.54 Å². The van der Waals surface area contributed by atoms with Crippen LogP contribution in [0.5, 0.6) is 0 Å². The highest BCUT2D eigenvalue weighted by Gasteiger charge is 2.16. The summed E-state index contributed by atoms with van der Waals surface area (Å²) in [5.41, 5.74) is 4.25. The molecule has 1 aromatic rings. The highest BCUT2D eigenvalue weighted by atomic mass is 16.6. The molecule has 0 spiro atoms. The molecule has 1 saturated carbocycles. The maximum atomic E-state index is 5.39. The lowest BCUT2D eigenvalue weighted by atomic mass is 9.83. The molecule has 0 aromatic heterocycles. The van der Waals surface area contributed by atoms with Crippen LogP contribution in [0.25, 0.3) is 0 Å². The maximum Gasteiger partial charge on any atom is 0.0933 e. The largest absolute Gasteiger partial charge is 0.297 e. The van der Waals surface area contributed by atoms with E-state index in [9.17, 15) is 0 Å². The van der Waals surface area contributed by atoms with Crippen LogP contribution in [-0.2, 0) is 11.4 Å². The van der Waals surface area contributed by atoms with Crippen LogP contribution in [0.3, 0.4) is 0 Å². The monoisotopic (exact) mass is 205 g/mol. The van der Waals surface area contributed by atoms with E-state index in [1.54, 1.807) is 0 Å². The quantitative estimate of drug-likeness (QED) is 0.569. The van der Waals surface area contributed by atoms with Crippen LogP contribution >= 0.6 is 0 Å². The summed E-state index contributed by atoms with van der Waals surface area (Å²) >= 11 is 0. The summed E-state index contributed by atoms with van der Waals surface area (Å²) in [6.07, 6.45) is 5.52. The van der Waals surface area contributed by atoms with Gasteiger partial charge >= 0.3 is 0 Å². The SMILES string of the molecule is c1ccc(CONCCC2CCC2)cc1. The zero-order chi connectivity index (χ0) is 10.3. The summed E-state index contributed by atoms with van der Waals surface area (Å²) < 4.78 is 0. The fourth-order valence-electron chi connectivity index (χ4n) is 1.83. The summed E-state index contributed by atoms with van der Waals surface area (Å²) in [5, 5.41) is 0. The minimum absolute atomic E-state index is 0.658. The third-order valence-electron chi connectivity index (χ3n) is 3.06. The standard InChI is InChI=1S/C13H19NO/c1-2-5-13(6-3-1)11-15-14-10-9-12-7-4-8-12/h1-3,5-6,12,14H,4,7-11H2. The molecule has 1 aromatic carbocycles. The lowest BCUT2D eigenvalue weighted by molar-refractivity contribution is 0.0230. The number of hydrogen-bond acceptors (Lipinski definition) is 2. The first-order valence-electron chi connectivity index (χ1n) is 5.84. The molecule has 0 radical (unpaired) electrons. The van der Waals surface area contributed by atoms with Crippen molar-refractivity contribution in [1.29, 1.82) is 0 Å². The van der Waals surface area contributed by atoms with Crippen molar-refractivity contribution >= 4 is 0 Å². The average molecular weight is 205 g/mol. The molecule has 2 rings (SSSR count). The zero-order valence-corrected chi connectivity index (χ0v) is 9.11. The minimum atomic E-state index is 0.658. The second kappa shape index (κ2) is 5.89. The Labute approximate surface area is 91.6 Å². The second-order valence-electron chi connectivity index (χ2n) is 4.25. The van der Waals surface area contributed by atoms with Crippen molar-refractivity contribution < 1.29 is 4.84 Å². The van der Waals surface area contributed by atoms with Gasteiger partial charge in [-0.3, -0.25) is 4.84 Å². The fourth-order valence-corrected chi connectivity index (χ4v) is 1.83. The number of benzene rings is 1. The van der Waals surface area contributed by atoms with E-state index in [1.807, 2.05) is 18.2 Å². The van der Waals surface area contributed by atoms with Crippen molar-refractivity contribution in [3.8, 4) is 0 Å². The van der Waals surface area contributed by atoms with Gasteiger partial charge in [-0.25, -0.2) is 5.48 Å². The Hall–Kier alpha value is -0.860. The van der Waals surface area contributed by atoms with Crippen LogP contribution in [0.2, 0.25) is 0 Å². The van der Waals surface area contributed by atoms with E-state index < -0.39 is 0 Å². The van der Waals surface area contributed by atoms with Gasteiger partial charge in [0.2, 0.25) is 0 Å². The number of rotatable bonds is 6. The Morgan fingerprint density at radius 2 is 2.00 bits per heavy atom. The summed E-state index contributed by atoms with van der Waals surface area (Å²) in [6.45, 7) is 1.64. The summed E-state index contributed by atoms with van der Waals surface area (Å²) in [7, 11) is 0. The van der Waals surface area contributed by atoms with Crippen LogP contribution in [0, 0.1) is 5.92 Å². The van der Waals surface area contributed by atoms with Crippen molar-refractivity contribution in [3.63, 3.8) is 0 Å². The molecule has 1 fully saturated rings. The second-order valence-corrected chi connectivity index (χ2v) is 4.25. The predicted molar refractivity (Wildman–Crippen MR) is 61.2 cm³/mol. The number of hydrogen-bond donors (Lipinski definition) is 1. The molecule has 0 aliphatic heterocycles. The molecule has 0 heterocycles. The molecular weight excluding hydrogens is 186 g/mol. The average Bonchev–Trinajstić information content (AvgIpc) is 2.22. The normalized spacial score (nSPS) is 16.3. The van der Waals surface area contributed by atoms with Gasteiger partial charge < -0.3 is 0 Å². The van der Waals surface area contributed by atoms with Gasteiger partial charge in [0.05, 0.1) is 6.61 Å². The molecule has 1 aliphatic rings. The Bertz CT molecular complexity index is 269. The van der Waals surface area contributed by atoms with Crippen molar-refractivity contribution in [2.24, 2.45) is 5.92 Å². The summed E-state index contributed by atoms with van der Waals surface area (Å²) in [5.74, 6) is 0.956. The topological polar surface area (TPSA) is 21.3 Å². The van der Waals surface area contributed by atoms with Crippen molar-refractivity contribution in [2.45, 2.75) is 32.3 Å². The third kappa shape index (κ3) is 3.65. The zero-order valence-electron chi connectivity index (χ0n) is 9.11. The van der Waals surface area contributed by atoms with Crippen LogP contribution in [0.4, 0.5) is 0 Å². The molecule has 15 heavy (non-hydrogen) atoms. The van der Waals surface area contributed by atoms with Gasteiger partial charge in [-0.2, -0.15) is 0 Å². The molecule has 82 valence electrons.